The number of guanidine groups is 1. The number of halogens is 2. The van der Waals surface area contributed by atoms with Crippen molar-refractivity contribution in [2.45, 2.75) is 59.2 Å². The third kappa shape index (κ3) is 5.25. The Morgan fingerprint density at radius 2 is 2.00 bits per heavy atom. The number of aromatic nitrogens is 2. The van der Waals surface area contributed by atoms with Gasteiger partial charge in [-0.1, -0.05) is 20.8 Å². The van der Waals surface area contributed by atoms with Crippen molar-refractivity contribution >= 4 is 22.5 Å². The maximum absolute atomic E-state index is 14.1. The Labute approximate surface area is 245 Å². The number of nitrogens with zero attached hydrogens (tertiary/aromatic N) is 4. The lowest BCUT2D eigenvalue weighted by Crippen LogP contribution is -2.57. The number of ether oxygens (including phenoxy) is 1. The van der Waals surface area contributed by atoms with E-state index >= 15 is 0 Å². The van der Waals surface area contributed by atoms with Gasteiger partial charge in [-0.25, -0.2) is 18.8 Å². The molecule has 1 unspecified atom stereocenters. The minimum absolute atomic E-state index is 0.106. The number of nitrogens with one attached hydrogen (secondary N) is 2. The maximum atomic E-state index is 14.1. The molecule has 2 aromatic carbocycles. The average Bonchev–Trinajstić information content (AvgIpc) is 2.95. The molecule has 1 saturated heterocycles. The second-order valence-corrected chi connectivity index (χ2v) is 12.9. The summed E-state index contributed by atoms with van der Waals surface area (Å²) in [4.78, 5) is 25.5. The first-order valence-corrected chi connectivity index (χ1v) is 14.9. The first kappa shape index (κ1) is 28.6. The van der Waals surface area contributed by atoms with E-state index in [9.17, 15) is 13.6 Å². The summed E-state index contributed by atoms with van der Waals surface area (Å²) < 4.78 is 34.4. The van der Waals surface area contributed by atoms with Gasteiger partial charge in [0.2, 0.25) is 0 Å². The molecular weight excluding hydrogens is 538 g/mol. The Morgan fingerprint density at radius 3 is 2.71 bits per heavy atom. The SMILES string of the molecule is C[C@@H]1C(N=C(Nc2ccc3c(=O)n(C)c(COc4ccc(F)cc4F)nc3c2)N2CCN[C@@H](C)C2)C[C@@H]2C[C@H]1C2(C)C. The van der Waals surface area contributed by atoms with Gasteiger partial charge in [-0.3, -0.25) is 9.36 Å². The predicted octanol–water partition coefficient (Wildman–Crippen LogP) is 4.92. The molecule has 224 valence electrons. The fraction of sp³-hybridized carbons (Fsp3) is 0.531. The maximum Gasteiger partial charge on any atom is 0.261 e. The summed E-state index contributed by atoms with van der Waals surface area (Å²) in [7, 11) is 1.61. The van der Waals surface area contributed by atoms with Crippen LogP contribution in [-0.4, -0.2) is 52.1 Å². The molecule has 0 amide bonds. The van der Waals surface area contributed by atoms with Crippen molar-refractivity contribution in [1.29, 1.82) is 0 Å². The minimum Gasteiger partial charge on any atom is -0.483 e. The van der Waals surface area contributed by atoms with Gasteiger partial charge in [-0.05, 0) is 73.3 Å². The third-order valence-electron chi connectivity index (χ3n) is 9.95. The topological polar surface area (TPSA) is 83.8 Å². The summed E-state index contributed by atoms with van der Waals surface area (Å²) in [6, 6.07) is 9.23. The molecule has 1 aromatic heterocycles. The Morgan fingerprint density at radius 1 is 1.19 bits per heavy atom. The zero-order chi connectivity index (χ0) is 29.8. The molecule has 1 aliphatic heterocycles. The predicted molar refractivity (Wildman–Crippen MR) is 161 cm³/mol. The van der Waals surface area contributed by atoms with Gasteiger partial charge in [0, 0.05) is 44.5 Å². The Balaban J connectivity index is 1.29. The fourth-order valence-corrected chi connectivity index (χ4v) is 7.16. The summed E-state index contributed by atoms with van der Waals surface area (Å²) in [6.07, 6.45) is 2.41. The van der Waals surface area contributed by atoms with Crippen molar-refractivity contribution in [2.24, 2.45) is 35.2 Å². The molecule has 10 heteroatoms. The van der Waals surface area contributed by atoms with E-state index in [0.717, 1.165) is 49.8 Å². The highest BCUT2D eigenvalue weighted by molar-refractivity contribution is 5.96. The van der Waals surface area contributed by atoms with Crippen LogP contribution >= 0.6 is 0 Å². The first-order valence-electron chi connectivity index (χ1n) is 14.9. The molecule has 8 nitrogen and oxygen atoms in total. The van der Waals surface area contributed by atoms with Crippen LogP contribution < -0.4 is 20.9 Å². The van der Waals surface area contributed by atoms with Gasteiger partial charge in [0.15, 0.2) is 17.5 Å². The van der Waals surface area contributed by atoms with Crippen molar-refractivity contribution in [3.63, 3.8) is 0 Å². The normalized spacial score (nSPS) is 27.1. The number of aliphatic imine (C=N–C) groups is 1. The van der Waals surface area contributed by atoms with Crippen molar-refractivity contribution in [1.82, 2.24) is 19.8 Å². The van der Waals surface area contributed by atoms with Crippen LogP contribution in [0.1, 0.15) is 46.4 Å². The van der Waals surface area contributed by atoms with Crippen LogP contribution in [0.5, 0.6) is 5.75 Å². The molecule has 4 aliphatic rings. The molecule has 2 bridgehead atoms. The summed E-state index contributed by atoms with van der Waals surface area (Å²) in [6.45, 7) is 11.8. The number of hydrogen-bond acceptors (Lipinski definition) is 5. The monoisotopic (exact) mass is 578 g/mol. The molecule has 7 rings (SSSR count). The molecule has 3 aliphatic carbocycles. The average molecular weight is 579 g/mol. The van der Waals surface area contributed by atoms with E-state index in [2.05, 4.69) is 48.2 Å². The lowest BCUT2D eigenvalue weighted by atomic mass is 9.45. The van der Waals surface area contributed by atoms with E-state index < -0.39 is 11.6 Å². The lowest BCUT2D eigenvalue weighted by Gasteiger charge is -2.61. The van der Waals surface area contributed by atoms with Gasteiger partial charge in [0.05, 0.1) is 16.9 Å². The number of benzene rings is 2. The smallest absolute Gasteiger partial charge is 0.261 e. The van der Waals surface area contributed by atoms with Crippen molar-refractivity contribution in [2.75, 3.05) is 25.0 Å². The van der Waals surface area contributed by atoms with Gasteiger partial charge < -0.3 is 20.3 Å². The summed E-state index contributed by atoms with van der Waals surface area (Å²) >= 11 is 0. The van der Waals surface area contributed by atoms with Crippen LogP contribution in [0.25, 0.3) is 10.9 Å². The number of rotatable bonds is 5. The molecule has 2 heterocycles. The van der Waals surface area contributed by atoms with Crippen LogP contribution in [-0.2, 0) is 13.7 Å². The summed E-state index contributed by atoms with van der Waals surface area (Å²) in [5, 5.41) is 7.57. The molecule has 3 aromatic rings. The molecule has 5 atom stereocenters. The van der Waals surface area contributed by atoms with Crippen molar-refractivity contribution in [3.8, 4) is 5.75 Å². The number of piperazine rings is 1. The summed E-state index contributed by atoms with van der Waals surface area (Å²) in [5.41, 5.74) is 1.46. The molecule has 2 N–H and O–H groups in total. The molecule has 0 spiro atoms. The largest absolute Gasteiger partial charge is 0.483 e. The fourth-order valence-electron chi connectivity index (χ4n) is 7.16. The highest BCUT2D eigenvalue weighted by Gasteiger charge is 2.56. The zero-order valence-electron chi connectivity index (χ0n) is 25.0. The van der Waals surface area contributed by atoms with Crippen LogP contribution in [0.15, 0.2) is 46.2 Å². The second kappa shape index (κ2) is 10.9. The molecule has 4 fully saturated rings. The van der Waals surface area contributed by atoms with Crippen LogP contribution in [0.3, 0.4) is 0 Å². The van der Waals surface area contributed by atoms with Crippen molar-refractivity contribution < 1.29 is 13.5 Å². The number of hydrogen-bond donors (Lipinski definition) is 2. The van der Waals surface area contributed by atoms with Gasteiger partial charge in [-0.15, -0.1) is 0 Å². The molecular formula is C32H40F2N6O2. The van der Waals surface area contributed by atoms with Gasteiger partial charge in [0.1, 0.15) is 18.2 Å². The first-order chi connectivity index (χ1) is 20.0. The Kier molecular flexibility index (Phi) is 7.45. The molecule has 42 heavy (non-hydrogen) atoms. The molecule has 0 radical (unpaired) electrons. The standard InChI is InChI=1S/C32H40F2N6O2/c1-18-16-40(11-10-35-18)31(38-26-13-20-12-24(19(26)2)32(20,3)4)36-22-7-8-23-27(15-22)37-29(39(5)30(23)41)17-42-28-9-6-21(33)14-25(28)34/h6-9,14-15,18-20,24,26,35H,10-13,16-17H2,1-5H3,(H,36,38)/t18-,19-,20-,24+,26?/m0/s1. The minimum atomic E-state index is -0.811. The highest BCUT2D eigenvalue weighted by Crippen LogP contribution is 2.61. The summed E-state index contributed by atoms with van der Waals surface area (Å²) in [5.74, 6) is 1.50. The number of fused-ring (bicyclic) bond motifs is 3. The van der Waals surface area contributed by atoms with Crippen molar-refractivity contribution in [3.05, 3.63) is 64.2 Å². The van der Waals surface area contributed by atoms with Crippen LogP contribution in [0.2, 0.25) is 0 Å². The Hall–Kier alpha value is -3.53. The lowest BCUT2D eigenvalue weighted by molar-refractivity contribution is -0.108. The van der Waals surface area contributed by atoms with Gasteiger partial charge in [0.25, 0.3) is 5.56 Å². The number of anilines is 1. The van der Waals surface area contributed by atoms with E-state index in [-0.39, 0.29) is 24.0 Å². The zero-order valence-corrected chi connectivity index (χ0v) is 25.0. The van der Waals surface area contributed by atoms with E-state index in [1.54, 1.807) is 13.1 Å². The van der Waals surface area contributed by atoms with Gasteiger partial charge in [-0.2, -0.15) is 0 Å². The van der Waals surface area contributed by atoms with E-state index in [4.69, 9.17) is 9.73 Å². The van der Waals surface area contributed by atoms with Crippen LogP contribution in [0.4, 0.5) is 14.5 Å². The van der Waals surface area contributed by atoms with Gasteiger partial charge >= 0.3 is 0 Å². The second-order valence-electron chi connectivity index (χ2n) is 12.9. The van der Waals surface area contributed by atoms with E-state index in [1.165, 1.54) is 17.1 Å². The van der Waals surface area contributed by atoms with Crippen LogP contribution in [0, 0.1) is 34.8 Å². The van der Waals surface area contributed by atoms with E-state index in [0.29, 0.717) is 45.9 Å². The molecule has 3 saturated carbocycles. The Bertz CT molecular complexity index is 1590. The highest BCUT2D eigenvalue weighted by atomic mass is 19.1. The third-order valence-corrected chi connectivity index (χ3v) is 9.95. The van der Waals surface area contributed by atoms with E-state index in [1.807, 2.05) is 12.1 Å². The quantitative estimate of drug-likeness (QED) is 0.330.